The van der Waals surface area contributed by atoms with E-state index in [0.29, 0.717) is 12.5 Å². The quantitative estimate of drug-likeness (QED) is 0.567. The highest BCUT2D eigenvalue weighted by atomic mass is 16.5. The molecule has 5 heteroatoms. The highest BCUT2D eigenvalue weighted by molar-refractivity contribution is 5.79. The molecule has 24 heavy (non-hydrogen) atoms. The van der Waals surface area contributed by atoms with Crippen molar-refractivity contribution >= 4 is 5.96 Å². The number of methoxy groups -OCH3 is 1. The van der Waals surface area contributed by atoms with E-state index in [1.165, 1.54) is 32.5 Å². The van der Waals surface area contributed by atoms with Crippen LogP contribution in [0.2, 0.25) is 0 Å². The van der Waals surface area contributed by atoms with Crippen LogP contribution in [0.15, 0.2) is 29.3 Å². The predicted molar refractivity (Wildman–Crippen MR) is 101 cm³/mol. The van der Waals surface area contributed by atoms with Crippen LogP contribution in [-0.4, -0.2) is 50.7 Å². The Morgan fingerprint density at radius 3 is 2.79 bits per heavy atom. The van der Waals surface area contributed by atoms with Gasteiger partial charge in [-0.3, -0.25) is 0 Å². The minimum atomic E-state index is 0.615. The Balaban J connectivity index is 1.82. The topological polar surface area (TPSA) is 48.9 Å². The lowest BCUT2D eigenvalue weighted by molar-refractivity contribution is 0.287. The van der Waals surface area contributed by atoms with Crippen molar-refractivity contribution in [1.29, 1.82) is 0 Å². The molecule has 0 radical (unpaired) electrons. The van der Waals surface area contributed by atoms with Gasteiger partial charge < -0.3 is 20.3 Å². The van der Waals surface area contributed by atoms with Crippen LogP contribution in [0, 0.1) is 5.92 Å². The third-order valence-electron chi connectivity index (χ3n) is 4.28. The van der Waals surface area contributed by atoms with Crippen LogP contribution in [0.5, 0.6) is 5.75 Å². The number of aliphatic imine (C=N–C) groups is 1. The lowest BCUT2D eigenvalue weighted by Crippen LogP contribution is -2.41. The standard InChI is InChI=1S/C19H32N4O/c1-4-20-19(21-13-16(2)15-23-10-5-6-11-23)22-14-17-8-7-9-18(12-17)24-3/h7-9,12,16H,4-6,10-11,13-15H2,1-3H3,(H2,20,21,22). The van der Waals surface area contributed by atoms with Gasteiger partial charge in [0.25, 0.3) is 0 Å². The number of rotatable bonds is 8. The number of benzene rings is 1. The lowest BCUT2D eigenvalue weighted by Gasteiger charge is -2.21. The normalized spacial score (nSPS) is 16.9. The predicted octanol–water partition coefficient (Wildman–Crippen LogP) is 2.48. The highest BCUT2D eigenvalue weighted by Gasteiger charge is 2.14. The van der Waals surface area contributed by atoms with Crippen molar-refractivity contribution < 1.29 is 4.74 Å². The van der Waals surface area contributed by atoms with Crippen LogP contribution in [0.25, 0.3) is 0 Å². The summed E-state index contributed by atoms with van der Waals surface area (Å²) in [4.78, 5) is 7.25. The molecule has 2 rings (SSSR count). The second kappa shape index (κ2) is 10.2. The largest absolute Gasteiger partial charge is 0.497 e. The van der Waals surface area contributed by atoms with E-state index in [4.69, 9.17) is 4.74 Å². The number of nitrogens with one attached hydrogen (secondary N) is 2. The highest BCUT2D eigenvalue weighted by Crippen LogP contribution is 2.13. The average molecular weight is 332 g/mol. The molecule has 1 saturated heterocycles. The maximum atomic E-state index is 5.27. The molecule has 1 aliphatic heterocycles. The molecular weight excluding hydrogens is 300 g/mol. The first-order chi connectivity index (χ1) is 11.7. The molecule has 1 atom stereocenters. The fourth-order valence-corrected chi connectivity index (χ4v) is 3.02. The third-order valence-corrected chi connectivity index (χ3v) is 4.28. The van der Waals surface area contributed by atoms with E-state index in [1.807, 2.05) is 18.2 Å². The Labute approximate surface area is 146 Å². The van der Waals surface area contributed by atoms with Crippen LogP contribution in [0.3, 0.4) is 0 Å². The number of ether oxygens (including phenoxy) is 1. The summed E-state index contributed by atoms with van der Waals surface area (Å²) in [7, 11) is 1.69. The van der Waals surface area contributed by atoms with E-state index in [-0.39, 0.29) is 0 Å². The summed E-state index contributed by atoms with van der Waals surface area (Å²) in [6, 6.07) is 8.06. The molecule has 1 heterocycles. The zero-order chi connectivity index (χ0) is 17.2. The molecule has 0 aliphatic carbocycles. The van der Waals surface area contributed by atoms with E-state index < -0.39 is 0 Å². The van der Waals surface area contributed by atoms with Crippen LogP contribution in [0.1, 0.15) is 32.3 Å². The lowest BCUT2D eigenvalue weighted by atomic mass is 10.1. The van der Waals surface area contributed by atoms with E-state index in [9.17, 15) is 0 Å². The Bertz CT molecular complexity index is 512. The Morgan fingerprint density at radius 1 is 1.29 bits per heavy atom. The maximum Gasteiger partial charge on any atom is 0.191 e. The first kappa shape index (κ1) is 18.6. The molecule has 1 unspecified atom stereocenters. The van der Waals surface area contributed by atoms with Gasteiger partial charge in [-0.1, -0.05) is 19.1 Å². The first-order valence-electron chi connectivity index (χ1n) is 9.08. The van der Waals surface area contributed by atoms with Gasteiger partial charge >= 0.3 is 0 Å². The molecule has 0 spiro atoms. The monoisotopic (exact) mass is 332 g/mol. The van der Waals surface area contributed by atoms with Gasteiger partial charge in [0.15, 0.2) is 5.96 Å². The van der Waals surface area contributed by atoms with Crippen LogP contribution in [-0.2, 0) is 6.54 Å². The molecule has 1 aromatic rings. The first-order valence-corrected chi connectivity index (χ1v) is 9.08. The number of hydrogen-bond donors (Lipinski definition) is 2. The molecule has 0 saturated carbocycles. The molecule has 2 N–H and O–H groups in total. The fourth-order valence-electron chi connectivity index (χ4n) is 3.02. The smallest absolute Gasteiger partial charge is 0.191 e. The molecular formula is C19H32N4O. The fraction of sp³-hybridized carbons (Fsp3) is 0.632. The van der Waals surface area contributed by atoms with E-state index >= 15 is 0 Å². The Morgan fingerprint density at radius 2 is 2.08 bits per heavy atom. The van der Waals surface area contributed by atoms with Crippen molar-refractivity contribution in [3.63, 3.8) is 0 Å². The van der Waals surface area contributed by atoms with Gasteiger partial charge in [-0.25, -0.2) is 4.99 Å². The van der Waals surface area contributed by atoms with Gasteiger partial charge in [0.05, 0.1) is 13.7 Å². The van der Waals surface area contributed by atoms with Gasteiger partial charge in [-0.15, -0.1) is 0 Å². The summed E-state index contributed by atoms with van der Waals surface area (Å²) in [6.07, 6.45) is 2.70. The summed E-state index contributed by atoms with van der Waals surface area (Å²) < 4.78 is 5.27. The molecule has 134 valence electrons. The van der Waals surface area contributed by atoms with Gasteiger partial charge in [0.2, 0.25) is 0 Å². The number of likely N-dealkylation sites (tertiary alicyclic amines) is 1. The van der Waals surface area contributed by atoms with Crippen LogP contribution in [0.4, 0.5) is 0 Å². The summed E-state index contributed by atoms with van der Waals surface area (Å²) >= 11 is 0. The second-order valence-corrected chi connectivity index (χ2v) is 6.54. The third kappa shape index (κ3) is 6.40. The molecule has 0 aromatic heterocycles. The van der Waals surface area contributed by atoms with Crippen LogP contribution >= 0.6 is 0 Å². The van der Waals surface area contributed by atoms with Gasteiger partial charge in [0.1, 0.15) is 5.75 Å². The molecule has 0 bridgehead atoms. The number of nitrogens with zero attached hydrogens (tertiary/aromatic N) is 2. The minimum absolute atomic E-state index is 0.615. The Hall–Kier alpha value is -1.75. The van der Waals surface area contributed by atoms with Crippen molar-refractivity contribution in [3.05, 3.63) is 29.8 Å². The number of guanidine groups is 1. The molecule has 1 aliphatic rings. The molecule has 0 amide bonds. The van der Waals surface area contributed by atoms with Gasteiger partial charge in [-0.05, 0) is 56.5 Å². The van der Waals surface area contributed by atoms with Crippen molar-refractivity contribution in [2.45, 2.75) is 33.2 Å². The van der Waals surface area contributed by atoms with Crippen molar-refractivity contribution in [3.8, 4) is 5.75 Å². The van der Waals surface area contributed by atoms with E-state index in [0.717, 1.165) is 30.4 Å². The summed E-state index contributed by atoms with van der Waals surface area (Å²) in [5, 5.41) is 6.80. The Kier molecular flexibility index (Phi) is 7.89. The van der Waals surface area contributed by atoms with Gasteiger partial charge in [0, 0.05) is 19.6 Å². The van der Waals surface area contributed by atoms with E-state index in [2.05, 4.69) is 40.4 Å². The van der Waals surface area contributed by atoms with Crippen molar-refractivity contribution in [1.82, 2.24) is 15.5 Å². The SMILES string of the molecule is CCNC(=NCc1cccc(OC)c1)NCC(C)CN1CCCC1. The average Bonchev–Trinajstić information content (AvgIpc) is 3.10. The van der Waals surface area contributed by atoms with Crippen molar-refractivity contribution in [2.75, 3.05) is 39.8 Å². The summed E-state index contributed by atoms with van der Waals surface area (Å²) in [6.45, 7) is 10.5. The maximum absolute atomic E-state index is 5.27. The van der Waals surface area contributed by atoms with Crippen LogP contribution < -0.4 is 15.4 Å². The van der Waals surface area contributed by atoms with E-state index in [1.54, 1.807) is 7.11 Å². The zero-order valence-corrected chi connectivity index (χ0v) is 15.3. The zero-order valence-electron chi connectivity index (χ0n) is 15.3. The number of hydrogen-bond acceptors (Lipinski definition) is 3. The molecule has 1 fully saturated rings. The molecule has 1 aromatic carbocycles. The van der Waals surface area contributed by atoms with Crippen molar-refractivity contribution in [2.24, 2.45) is 10.9 Å². The summed E-state index contributed by atoms with van der Waals surface area (Å²) in [5.41, 5.74) is 1.15. The van der Waals surface area contributed by atoms with Gasteiger partial charge in [-0.2, -0.15) is 0 Å². The minimum Gasteiger partial charge on any atom is -0.497 e. The molecule has 5 nitrogen and oxygen atoms in total. The summed E-state index contributed by atoms with van der Waals surface area (Å²) in [5.74, 6) is 2.37. The second-order valence-electron chi connectivity index (χ2n) is 6.54.